The molecule has 0 saturated carbocycles. The van der Waals surface area contributed by atoms with Crippen LogP contribution in [0.15, 0.2) is 23.8 Å². The van der Waals surface area contributed by atoms with E-state index >= 15 is 0 Å². The summed E-state index contributed by atoms with van der Waals surface area (Å²) in [5, 5.41) is 8.84. The number of carbonyl (C=O) groups is 1. The van der Waals surface area contributed by atoms with E-state index in [-0.39, 0.29) is 0 Å². The lowest BCUT2D eigenvalue weighted by Gasteiger charge is -1.96. The Kier molecular flexibility index (Phi) is 8.84. The molecule has 0 saturated heterocycles. The highest BCUT2D eigenvalue weighted by Crippen LogP contribution is 2.06. The Morgan fingerprint density at radius 3 is 2.47 bits per heavy atom. The Morgan fingerprint density at radius 2 is 1.93 bits per heavy atom. The fraction of sp³-hybridized carbons (Fsp3) is 0.615. The zero-order valence-corrected chi connectivity index (χ0v) is 9.83. The van der Waals surface area contributed by atoms with Gasteiger partial charge >= 0.3 is 5.97 Å². The summed E-state index contributed by atoms with van der Waals surface area (Å²) in [7, 11) is 0. The number of hydrogen-bond acceptors (Lipinski definition) is 1. The molecule has 0 heterocycles. The number of aliphatic carboxylic acids is 1. The molecule has 0 fully saturated rings. The number of carboxylic acids is 1. The van der Waals surface area contributed by atoms with E-state index in [9.17, 15) is 4.79 Å². The van der Waals surface area contributed by atoms with Crippen molar-refractivity contribution in [2.24, 2.45) is 0 Å². The van der Waals surface area contributed by atoms with E-state index in [1.807, 2.05) is 19.1 Å². The van der Waals surface area contributed by atoms with Crippen molar-refractivity contribution >= 4 is 5.97 Å². The summed E-state index contributed by atoms with van der Waals surface area (Å²) >= 11 is 0. The van der Waals surface area contributed by atoms with Crippen molar-refractivity contribution in [3.8, 4) is 0 Å². The fourth-order valence-corrected chi connectivity index (χ4v) is 1.32. The summed E-state index contributed by atoms with van der Waals surface area (Å²) in [5.41, 5.74) is 0.504. The molecule has 2 nitrogen and oxygen atoms in total. The van der Waals surface area contributed by atoms with Crippen molar-refractivity contribution in [3.05, 3.63) is 23.8 Å². The predicted octanol–water partition coefficient (Wildman–Crippen LogP) is 3.93. The molecule has 0 aliphatic carbocycles. The third-order valence-electron chi connectivity index (χ3n) is 2.20. The normalized spacial score (nSPS) is 12.3. The van der Waals surface area contributed by atoms with Crippen LogP contribution in [-0.2, 0) is 4.79 Å². The Hall–Kier alpha value is -1.05. The highest BCUT2D eigenvalue weighted by molar-refractivity contribution is 5.86. The standard InChI is InChI=1S/C13H22O2/c1-3-5-6-7-8-9-11-12(10-4-2)13(14)15/h8-9,11H,3-7,10H2,1-2H3,(H,14,15)/b9-8+,12-11+. The Balaban J connectivity index is 3.92. The van der Waals surface area contributed by atoms with Gasteiger partial charge in [-0.1, -0.05) is 51.3 Å². The van der Waals surface area contributed by atoms with Gasteiger partial charge in [-0.3, -0.25) is 0 Å². The van der Waals surface area contributed by atoms with Crippen LogP contribution in [0.4, 0.5) is 0 Å². The molecule has 2 heteroatoms. The molecule has 0 bridgehead atoms. The Morgan fingerprint density at radius 1 is 1.20 bits per heavy atom. The maximum Gasteiger partial charge on any atom is 0.331 e. The smallest absolute Gasteiger partial charge is 0.331 e. The van der Waals surface area contributed by atoms with Crippen molar-refractivity contribution in [1.29, 1.82) is 0 Å². The van der Waals surface area contributed by atoms with Crippen LogP contribution >= 0.6 is 0 Å². The van der Waals surface area contributed by atoms with E-state index < -0.39 is 5.97 Å². The summed E-state index contributed by atoms with van der Waals surface area (Å²) in [5.74, 6) is -0.796. The number of carboxylic acid groups (broad SMARTS) is 1. The van der Waals surface area contributed by atoms with Gasteiger partial charge in [-0.05, 0) is 19.3 Å². The topological polar surface area (TPSA) is 37.3 Å². The number of hydrogen-bond donors (Lipinski definition) is 1. The largest absolute Gasteiger partial charge is 0.478 e. The van der Waals surface area contributed by atoms with E-state index in [1.165, 1.54) is 19.3 Å². The molecule has 0 spiro atoms. The summed E-state index contributed by atoms with van der Waals surface area (Å²) in [6, 6.07) is 0. The van der Waals surface area contributed by atoms with Gasteiger partial charge in [-0.25, -0.2) is 4.79 Å². The second-order valence-corrected chi connectivity index (χ2v) is 3.67. The molecule has 0 aliphatic rings. The van der Waals surface area contributed by atoms with Gasteiger partial charge in [0.05, 0.1) is 0 Å². The molecule has 0 rings (SSSR count). The van der Waals surface area contributed by atoms with Gasteiger partial charge in [-0.15, -0.1) is 0 Å². The lowest BCUT2D eigenvalue weighted by molar-refractivity contribution is -0.132. The Labute approximate surface area is 92.7 Å². The van der Waals surface area contributed by atoms with Crippen molar-refractivity contribution < 1.29 is 9.90 Å². The second kappa shape index (κ2) is 9.50. The minimum atomic E-state index is -0.796. The number of rotatable bonds is 8. The number of unbranched alkanes of at least 4 members (excludes halogenated alkanes) is 3. The predicted molar refractivity (Wildman–Crippen MR) is 63.9 cm³/mol. The molecule has 0 aromatic heterocycles. The molecule has 0 aromatic rings. The van der Waals surface area contributed by atoms with Crippen LogP contribution in [0.25, 0.3) is 0 Å². The molecular weight excluding hydrogens is 188 g/mol. The van der Waals surface area contributed by atoms with Crippen LogP contribution in [0, 0.1) is 0 Å². The first-order valence-electron chi connectivity index (χ1n) is 5.81. The van der Waals surface area contributed by atoms with Crippen LogP contribution in [0.5, 0.6) is 0 Å². The summed E-state index contributed by atoms with van der Waals surface area (Å²) in [6.45, 7) is 4.16. The molecule has 0 unspecified atom stereocenters. The lowest BCUT2D eigenvalue weighted by Crippen LogP contribution is -1.99. The average Bonchev–Trinajstić information content (AvgIpc) is 2.21. The molecule has 0 aromatic carbocycles. The zero-order chi connectivity index (χ0) is 11.5. The highest BCUT2D eigenvalue weighted by atomic mass is 16.4. The van der Waals surface area contributed by atoms with Gasteiger partial charge in [0, 0.05) is 5.57 Å². The summed E-state index contributed by atoms with van der Waals surface area (Å²) in [4.78, 5) is 10.8. The number of allylic oxidation sites excluding steroid dienone is 3. The summed E-state index contributed by atoms with van der Waals surface area (Å²) in [6.07, 6.45) is 11.9. The molecule has 0 aliphatic heterocycles. The van der Waals surface area contributed by atoms with Gasteiger partial charge in [0.1, 0.15) is 0 Å². The fourth-order valence-electron chi connectivity index (χ4n) is 1.32. The van der Waals surface area contributed by atoms with Crippen molar-refractivity contribution in [2.75, 3.05) is 0 Å². The second-order valence-electron chi connectivity index (χ2n) is 3.67. The monoisotopic (exact) mass is 210 g/mol. The molecule has 15 heavy (non-hydrogen) atoms. The van der Waals surface area contributed by atoms with Gasteiger partial charge < -0.3 is 5.11 Å². The average molecular weight is 210 g/mol. The Bertz CT molecular complexity index is 227. The van der Waals surface area contributed by atoms with Crippen molar-refractivity contribution in [2.45, 2.75) is 52.4 Å². The molecule has 0 radical (unpaired) electrons. The lowest BCUT2D eigenvalue weighted by atomic mass is 10.1. The third-order valence-corrected chi connectivity index (χ3v) is 2.20. The SMILES string of the molecule is CCCCC/C=C/C=C(\CCC)C(=O)O. The summed E-state index contributed by atoms with van der Waals surface area (Å²) < 4.78 is 0. The molecule has 1 N–H and O–H groups in total. The van der Waals surface area contributed by atoms with E-state index in [0.29, 0.717) is 12.0 Å². The van der Waals surface area contributed by atoms with Gasteiger partial charge in [0.25, 0.3) is 0 Å². The van der Waals surface area contributed by atoms with E-state index in [1.54, 1.807) is 6.08 Å². The van der Waals surface area contributed by atoms with Crippen LogP contribution in [0.1, 0.15) is 52.4 Å². The quantitative estimate of drug-likeness (QED) is 0.374. The maximum atomic E-state index is 10.8. The first-order chi connectivity index (χ1) is 7.22. The minimum Gasteiger partial charge on any atom is -0.478 e. The zero-order valence-electron chi connectivity index (χ0n) is 9.83. The van der Waals surface area contributed by atoms with Crippen molar-refractivity contribution in [3.63, 3.8) is 0 Å². The van der Waals surface area contributed by atoms with E-state index in [0.717, 1.165) is 12.8 Å². The van der Waals surface area contributed by atoms with Crippen LogP contribution < -0.4 is 0 Å². The highest BCUT2D eigenvalue weighted by Gasteiger charge is 2.02. The van der Waals surface area contributed by atoms with Crippen LogP contribution in [0.3, 0.4) is 0 Å². The van der Waals surface area contributed by atoms with Gasteiger partial charge in [0.15, 0.2) is 0 Å². The molecule has 0 amide bonds. The van der Waals surface area contributed by atoms with Gasteiger partial charge in [-0.2, -0.15) is 0 Å². The minimum absolute atomic E-state index is 0.504. The molecular formula is C13H22O2. The first-order valence-corrected chi connectivity index (χ1v) is 5.81. The van der Waals surface area contributed by atoms with Crippen molar-refractivity contribution in [1.82, 2.24) is 0 Å². The molecule has 0 atom stereocenters. The van der Waals surface area contributed by atoms with Crippen LogP contribution in [0.2, 0.25) is 0 Å². The van der Waals surface area contributed by atoms with E-state index in [2.05, 4.69) is 6.92 Å². The first kappa shape index (κ1) is 13.9. The maximum absolute atomic E-state index is 10.8. The third kappa shape index (κ3) is 7.98. The van der Waals surface area contributed by atoms with E-state index in [4.69, 9.17) is 5.11 Å². The van der Waals surface area contributed by atoms with Crippen LogP contribution in [-0.4, -0.2) is 11.1 Å². The molecule has 86 valence electrons. The van der Waals surface area contributed by atoms with Gasteiger partial charge in [0.2, 0.25) is 0 Å².